The molecule has 0 amide bonds. The van der Waals surface area contributed by atoms with E-state index in [1.54, 1.807) is 15.6 Å². The Morgan fingerprint density at radius 3 is 2.57 bits per heavy atom. The lowest BCUT2D eigenvalue weighted by Gasteiger charge is -2.36. The maximum Gasteiger partial charge on any atom is 0.216 e. The van der Waals surface area contributed by atoms with Crippen LogP contribution in [-0.4, -0.2) is 81.3 Å². The van der Waals surface area contributed by atoms with E-state index in [4.69, 9.17) is 9.73 Å². The second-order valence-corrected chi connectivity index (χ2v) is 10.1. The molecular formula is C19H34N4O3S2. The largest absolute Gasteiger partial charge is 0.378 e. The molecule has 160 valence electrons. The predicted molar refractivity (Wildman–Crippen MR) is 117 cm³/mol. The molecule has 1 aromatic rings. The number of nitrogens with zero attached hydrogens (tertiary/aromatic N) is 3. The van der Waals surface area contributed by atoms with Crippen molar-refractivity contribution in [1.82, 2.24) is 14.5 Å². The van der Waals surface area contributed by atoms with Gasteiger partial charge in [0.25, 0.3) is 0 Å². The van der Waals surface area contributed by atoms with E-state index in [0.717, 1.165) is 12.5 Å². The third-order valence-corrected chi connectivity index (χ3v) is 7.22. The molecule has 0 bridgehead atoms. The number of piperazine rings is 1. The van der Waals surface area contributed by atoms with E-state index >= 15 is 0 Å². The first kappa shape index (κ1) is 23.1. The molecule has 0 aliphatic carbocycles. The number of sulfonamides is 1. The number of nitrogens with one attached hydrogen (secondary N) is 1. The number of hydrogen-bond acceptors (Lipinski definition) is 5. The third-order valence-electron chi connectivity index (χ3n) is 4.69. The summed E-state index contributed by atoms with van der Waals surface area (Å²) in [5, 5.41) is 7.60. The van der Waals surface area contributed by atoms with Gasteiger partial charge in [-0.05, 0) is 43.2 Å². The Morgan fingerprint density at radius 1 is 1.29 bits per heavy atom. The molecule has 1 fully saturated rings. The molecule has 1 atom stereocenters. The van der Waals surface area contributed by atoms with E-state index in [1.165, 1.54) is 5.56 Å². The quantitative estimate of drug-likeness (QED) is 0.480. The van der Waals surface area contributed by atoms with Crippen LogP contribution in [-0.2, 0) is 14.8 Å². The summed E-state index contributed by atoms with van der Waals surface area (Å²) in [6.07, 6.45) is 0.0439. The normalized spacial score (nSPS) is 17.9. The zero-order chi connectivity index (χ0) is 20.6. The van der Waals surface area contributed by atoms with Gasteiger partial charge in [-0.3, -0.25) is 4.99 Å². The van der Waals surface area contributed by atoms with Crippen molar-refractivity contribution in [2.45, 2.75) is 39.7 Å². The summed E-state index contributed by atoms with van der Waals surface area (Å²) >= 11 is 1.70. The predicted octanol–water partition coefficient (Wildman–Crippen LogP) is 2.19. The molecule has 9 heteroatoms. The van der Waals surface area contributed by atoms with Gasteiger partial charge >= 0.3 is 0 Å². The molecule has 1 saturated heterocycles. The molecule has 1 N–H and O–H groups in total. The molecule has 0 saturated carbocycles. The molecule has 1 aliphatic rings. The van der Waals surface area contributed by atoms with Gasteiger partial charge in [-0.25, -0.2) is 8.42 Å². The summed E-state index contributed by atoms with van der Waals surface area (Å²) in [5.74, 6) is 1.27. The molecular weight excluding hydrogens is 396 g/mol. The summed E-state index contributed by atoms with van der Waals surface area (Å²) < 4.78 is 32.0. The fourth-order valence-corrected chi connectivity index (χ4v) is 5.07. The van der Waals surface area contributed by atoms with Gasteiger partial charge in [-0.15, -0.1) is 0 Å². The molecule has 0 spiro atoms. The summed E-state index contributed by atoms with van der Waals surface area (Å²) in [6, 6.07) is 2.14. The second-order valence-electron chi connectivity index (χ2n) is 7.27. The van der Waals surface area contributed by atoms with Crippen LogP contribution >= 0.6 is 11.3 Å². The van der Waals surface area contributed by atoms with Crippen LogP contribution in [0.3, 0.4) is 0 Å². The highest BCUT2D eigenvalue weighted by Crippen LogP contribution is 2.18. The van der Waals surface area contributed by atoms with E-state index in [-0.39, 0.29) is 18.5 Å². The summed E-state index contributed by atoms with van der Waals surface area (Å²) in [6.45, 7) is 12.0. The molecule has 2 rings (SSSR count). The van der Waals surface area contributed by atoms with Gasteiger partial charge in [0, 0.05) is 45.2 Å². The first-order chi connectivity index (χ1) is 13.3. The Kier molecular flexibility index (Phi) is 9.20. The van der Waals surface area contributed by atoms with Crippen molar-refractivity contribution in [3.05, 3.63) is 22.4 Å². The summed E-state index contributed by atoms with van der Waals surface area (Å²) in [5.41, 5.74) is 1.31. The van der Waals surface area contributed by atoms with Crippen molar-refractivity contribution in [2.75, 3.05) is 51.6 Å². The van der Waals surface area contributed by atoms with E-state index in [0.29, 0.717) is 38.6 Å². The molecule has 7 nitrogen and oxygen atoms in total. The number of rotatable bonds is 9. The van der Waals surface area contributed by atoms with Crippen molar-refractivity contribution in [3.8, 4) is 0 Å². The monoisotopic (exact) mass is 430 g/mol. The van der Waals surface area contributed by atoms with Crippen LogP contribution < -0.4 is 5.32 Å². The average Bonchev–Trinajstić information content (AvgIpc) is 3.19. The number of hydrogen-bond donors (Lipinski definition) is 1. The third kappa shape index (κ3) is 7.02. The maximum absolute atomic E-state index is 12.5. The Labute approximate surface area is 173 Å². The molecule has 2 heterocycles. The lowest BCUT2D eigenvalue weighted by molar-refractivity contribution is 0.0904. The maximum atomic E-state index is 12.5. The SMILES string of the molecule is CCNC(=NCC(C)c1ccsc1)N1CCN(S(=O)(=O)CCOC(C)C)CC1. The molecule has 0 radical (unpaired) electrons. The van der Waals surface area contributed by atoms with Crippen LogP contribution in [0.1, 0.15) is 39.2 Å². The summed E-state index contributed by atoms with van der Waals surface area (Å²) in [4.78, 5) is 6.95. The molecule has 1 unspecified atom stereocenters. The molecule has 1 aliphatic heterocycles. The van der Waals surface area contributed by atoms with Gasteiger partial charge in [0.05, 0.1) is 18.5 Å². The van der Waals surface area contributed by atoms with Crippen molar-refractivity contribution >= 4 is 27.3 Å². The molecule has 28 heavy (non-hydrogen) atoms. The van der Waals surface area contributed by atoms with Crippen molar-refractivity contribution in [2.24, 2.45) is 4.99 Å². The number of thiophene rings is 1. The van der Waals surface area contributed by atoms with Crippen LogP contribution in [0.25, 0.3) is 0 Å². The first-order valence-corrected chi connectivity index (χ1v) is 12.5. The van der Waals surface area contributed by atoms with Crippen LogP contribution in [0.15, 0.2) is 21.8 Å². The fraction of sp³-hybridized carbons (Fsp3) is 0.737. The first-order valence-electron chi connectivity index (χ1n) is 9.98. The van der Waals surface area contributed by atoms with Gasteiger partial charge < -0.3 is 15.0 Å². The lowest BCUT2D eigenvalue weighted by Crippen LogP contribution is -2.54. The van der Waals surface area contributed by atoms with Crippen molar-refractivity contribution in [1.29, 1.82) is 0 Å². The van der Waals surface area contributed by atoms with E-state index in [1.807, 2.05) is 20.8 Å². The van der Waals surface area contributed by atoms with E-state index in [2.05, 4.69) is 34.0 Å². The van der Waals surface area contributed by atoms with Gasteiger partial charge in [-0.1, -0.05) is 6.92 Å². The number of ether oxygens (including phenoxy) is 1. The number of aliphatic imine (C=N–C) groups is 1. The molecule has 1 aromatic heterocycles. The average molecular weight is 431 g/mol. The lowest BCUT2D eigenvalue weighted by atomic mass is 10.1. The minimum Gasteiger partial charge on any atom is -0.378 e. The minimum absolute atomic E-state index is 0.0392. The van der Waals surface area contributed by atoms with Gasteiger partial charge in [0.2, 0.25) is 10.0 Å². The number of guanidine groups is 1. The highest BCUT2D eigenvalue weighted by atomic mass is 32.2. The fourth-order valence-electron chi connectivity index (χ4n) is 3.01. The summed E-state index contributed by atoms with van der Waals surface area (Å²) in [7, 11) is -3.27. The van der Waals surface area contributed by atoms with Crippen LogP contribution in [0, 0.1) is 0 Å². The van der Waals surface area contributed by atoms with Crippen LogP contribution in [0.4, 0.5) is 0 Å². The van der Waals surface area contributed by atoms with Gasteiger partial charge in [0.1, 0.15) is 0 Å². The molecule has 0 aromatic carbocycles. The van der Waals surface area contributed by atoms with E-state index < -0.39 is 10.0 Å². The minimum atomic E-state index is -3.27. The topological polar surface area (TPSA) is 74.2 Å². The Bertz CT molecular complexity index is 697. The van der Waals surface area contributed by atoms with E-state index in [9.17, 15) is 8.42 Å². The Morgan fingerprint density at radius 2 is 2.00 bits per heavy atom. The highest BCUT2D eigenvalue weighted by molar-refractivity contribution is 7.89. The Hall–Kier alpha value is -1.16. The van der Waals surface area contributed by atoms with Gasteiger partial charge in [-0.2, -0.15) is 15.6 Å². The van der Waals surface area contributed by atoms with Crippen LogP contribution in [0.2, 0.25) is 0 Å². The van der Waals surface area contributed by atoms with Crippen molar-refractivity contribution < 1.29 is 13.2 Å². The Balaban J connectivity index is 1.90. The smallest absolute Gasteiger partial charge is 0.216 e. The zero-order valence-corrected chi connectivity index (χ0v) is 19.1. The van der Waals surface area contributed by atoms with Crippen molar-refractivity contribution in [3.63, 3.8) is 0 Å². The standard InChI is InChI=1S/C19H34N4O3S2/c1-5-20-19(21-14-17(4)18-6-12-27-15-18)22-7-9-23(10-8-22)28(24,25)13-11-26-16(2)3/h6,12,15-17H,5,7-11,13-14H2,1-4H3,(H,20,21). The zero-order valence-electron chi connectivity index (χ0n) is 17.4. The van der Waals surface area contributed by atoms with Gasteiger partial charge in [0.15, 0.2) is 5.96 Å². The van der Waals surface area contributed by atoms with Crippen LogP contribution in [0.5, 0.6) is 0 Å². The highest BCUT2D eigenvalue weighted by Gasteiger charge is 2.28. The second kappa shape index (κ2) is 11.1.